The molecule has 0 bridgehead atoms. The number of carbonyl (C=O) groups excluding carboxylic acids is 1. The van der Waals surface area contributed by atoms with Gasteiger partial charge in [0.2, 0.25) is 15.9 Å². The van der Waals surface area contributed by atoms with Gasteiger partial charge in [0.1, 0.15) is 0 Å². The minimum Gasteiger partial charge on any atom is -0.326 e. The van der Waals surface area contributed by atoms with Crippen molar-refractivity contribution in [2.75, 3.05) is 18.4 Å². The number of fused-ring (bicyclic) bond motifs is 1. The van der Waals surface area contributed by atoms with Gasteiger partial charge < -0.3 is 9.88 Å². The smallest absolute Gasteiger partial charge is 0.307 e. The van der Waals surface area contributed by atoms with Crippen molar-refractivity contribution in [1.82, 2.24) is 8.87 Å². The van der Waals surface area contributed by atoms with Crippen LogP contribution in [0.1, 0.15) is 18.4 Å². The Labute approximate surface area is 179 Å². The molecule has 0 aliphatic carbocycles. The van der Waals surface area contributed by atoms with Crippen molar-refractivity contribution in [1.29, 1.82) is 0 Å². The second-order valence-electron chi connectivity index (χ2n) is 7.61. The molecular weight excluding hydrogens is 422 g/mol. The van der Waals surface area contributed by atoms with Crippen LogP contribution in [-0.4, -0.2) is 36.3 Å². The fourth-order valence-corrected chi connectivity index (χ4v) is 6.13. The van der Waals surface area contributed by atoms with Gasteiger partial charge in [0.15, 0.2) is 0 Å². The van der Waals surface area contributed by atoms with Crippen LogP contribution in [-0.2, 0) is 21.9 Å². The van der Waals surface area contributed by atoms with Gasteiger partial charge in [-0.05, 0) is 50.1 Å². The molecular formula is C21H23N3O4S2. The lowest BCUT2D eigenvalue weighted by atomic mass is 9.98. The molecule has 30 heavy (non-hydrogen) atoms. The van der Waals surface area contributed by atoms with Crippen LogP contribution in [0.4, 0.5) is 5.69 Å². The summed E-state index contributed by atoms with van der Waals surface area (Å²) in [6, 6.07) is 12.1. The summed E-state index contributed by atoms with van der Waals surface area (Å²) in [7, 11) is -1.92. The SMILES string of the molecule is Cc1ccc(S(=O)(=O)N2CCCC(C(=O)Nc3ccc4c(c3)sc(=O)n4C)C2)cc1. The predicted molar refractivity (Wildman–Crippen MR) is 118 cm³/mol. The summed E-state index contributed by atoms with van der Waals surface area (Å²) in [4.78, 5) is 24.8. The lowest BCUT2D eigenvalue weighted by Gasteiger charge is -2.31. The Morgan fingerprint density at radius 2 is 1.90 bits per heavy atom. The zero-order chi connectivity index (χ0) is 21.5. The molecule has 0 radical (unpaired) electrons. The molecule has 1 fully saturated rings. The van der Waals surface area contributed by atoms with Crippen LogP contribution < -0.4 is 10.2 Å². The molecule has 1 saturated heterocycles. The van der Waals surface area contributed by atoms with Gasteiger partial charge in [-0.25, -0.2) is 8.42 Å². The standard InChI is InChI=1S/C21H23N3O4S2/c1-14-5-8-17(9-6-14)30(27,28)24-11-3-4-15(13-24)20(25)22-16-7-10-18-19(12-16)29-21(26)23(18)2/h5-10,12,15H,3-4,11,13H2,1-2H3,(H,22,25). The largest absolute Gasteiger partial charge is 0.326 e. The zero-order valence-corrected chi connectivity index (χ0v) is 18.4. The summed E-state index contributed by atoms with van der Waals surface area (Å²) in [6.07, 6.45) is 1.26. The van der Waals surface area contributed by atoms with Crippen LogP contribution in [0.3, 0.4) is 0 Å². The first-order chi connectivity index (χ1) is 14.3. The lowest BCUT2D eigenvalue weighted by Crippen LogP contribution is -2.43. The van der Waals surface area contributed by atoms with Crippen molar-refractivity contribution >= 4 is 43.2 Å². The summed E-state index contributed by atoms with van der Waals surface area (Å²) in [5, 5.41) is 2.89. The second-order valence-corrected chi connectivity index (χ2v) is 10.5. The summed E-state index contributed by atoms with van der Waals surface area (Å²) in [5.74, 6) is -0.634. The highest BCUT2D eigenvalue weighted by Gasteiger charge is 2.33. The Morgan fingerprint density at radius 1 is 1.17 bits per heavy atom. The second kappa shape index (κ2) is 7.98. The Morgan fingerprint density at radius 3 is 2.63 bits per heavy atom. The highest BCUT2D eigenvalue weighted by Crippen LogP contribution is 2.26. The van der Waals surface area contributed by atoms with Crippen molar-refractivity contribution in [2.24, 2.45) is 13.0 Å². The molecule has 4 rings (SSSR count). The molecule has 1 aliphatic rings. The van der Waals surface area contributed by atoms with Crippen molar-refractivity contribution in [3.63, 3.8) is 0 Å². The van der Waals surface area contributed by atoms with Gasteiger partial charge in [0, 0.05) is 25.8 Å². The van der Waals surface area contributed by atoms with Crippen molar-refractivity contribution in [3.8, 4) is 0 Å². The molecule has 7 nitrogen and oxygen atoms in total. The topological polar surface area (TPSA) is 88.5 Å². The number of nitrogens with zero attached hydrogens (tertiary/aromatic N) is 2. The van der Waals surface area contributed by atoms with Crippen LogP contribution in [0.2, 0.25) is 0 Å². The number of rotatable bonds is 4. The van der Waals surface area contributed by atoms with Gasteiger partial charge in [-0.2, -0.15) is 4.31 Å². The van der Waals surface area contributed by atoms with Crippen LogP contribution in [0.15, 0.2) is 52.2 Å². The molecule has 1 N–H and O–H groups in total. The normalized spacial score (nSPS) is 17.9. The van der Waals surface area contributed by atoms with E-state index in [2.05, 4.69) is 5.32 Å². The number of nitrogens with one attached hydrogen (secondary N) is 1. The van der Waals surface area contributed by atoms with E-state index in [0.29, 0.717) is 25.1 Å². The van der Waals surface area contributed by atoms with E-state index in [0.717, 1.165) is 27.1 Å². The molecule has 0 spiro atoms. The van der Waals surface area contributed by atoms with Crippen molar-refractivity contribution in [2.45, 2.75) is 24.7 Å². The first-order valence-electron chi connectivity index (χ1n) is 9.73. The fourth-order valence-electron chi connectivity index (χ4n) is 3.69. The van der Waals surface area contributed by atoms with Crippen LogP contribution >= 0.6 is 11.3 Å². The predicted octanol–water partition coefficient (Wildman–Crippen LogP) is 2.95. The van der Waals surface area contributed by atoms with E-state index >= 15 is 0 Å². The summed E-state index contributed by atoms with van der Waals surface area (Å²) < 4.78 is 29.7. The van der Waals surface area contributed by atoms with E-state index < -0.39 is 15.9 Å². The van der Waals surface area contributed by atoms with Crippen LogP contribution in [0, 0.1) is 12.8 Å². The number of amides is 1. The zero-order valence-electron chi connectivity index (χ0n) is 16.8. The number of thiazole rings is 1. The molecule has 3 aromatic rings. The van der Waals surface area contributed by atoms with Crippen molar-refractivity contribution in [3.05, 3.63) is 57.7 Å². The Bertz CT molecular complexity index is 1260. The van der Waals surface area contributed by atoms with Crippen LogP contribution in [0.5, 0.6) is 0 Å². The number of sulfonamides is 1. The monoisotopic (exact) mass is 445 g/mol. The maximum absolute atomic E-state index is 13.0. The molecule has 1 amide bonds. The summed E-state index contributed by atoms with van der Waals surface area (Å²) in [6.45, 7) is 2.47. The average molecular weight is 446 g/mol. The molecule has 2 aromatic carbocycles. The van der Waals surface area contributed by atoms with Gasteiger partial charge in [-0.1, -0.05) is 29.0 Å². The number of anilines is 1. The molecule has 1 unspecified atom stereocenters. The van der Waals surface area contributed by atoms with Gasteiger partial charge in [0.25, 0.3) is 0 Å². The number of aromatic nitrogens is 1. The van der Waals surface area contributed by atoms with E-state index in [1.807, 2.05) is 6.92 Å². The fraction of sp³-hybridized carbons (Fsp3) is 0.333. The Hall–Kier alpha value is -2.49. The lowest BCUT2D eigenvalue weighted by molar-refractivity contribution is -0.120. The van der Waals surface area contributed by atoms with E-state index in [9.17, 15) is 18.0 Å². The van der Waals surface area contributed by atoms with E-state index in [-0.39, 0.29) is 22.2 Å². The number of carbonyl (C=O) groups is 1. The van der Waals surface area contributed by atoms with Gasteiger partial charge in [-0.3, -0.25) is 9.59 Å². The number of hydrogen-bond donors (Lipinski definition) is 1. The minimum atomic E-state index is -3.63. The first-order valence-corrected chi connectivity index (χ1v) is 12.0. The molecule has 1 aromatic heterocycles. The number of benzene rings is 2. The first kappa shape index (κ1) is 20.8. The quantitative estimate of drug-likeness (QED) is 0.669. The molecule has 1 aliphatic heterocycles. The summed E-state index contributed by atoms with van der Waals surface area (Å²) in [5.41, 5.74) is 2.41. The third-order valence-corrected chi connectivity index (χ3v) is 8.35. The third-order valence-electron chi connectivity index (χ3n) is 5.47. The maximum atomic E-state index is 13.0. The van der Waals surface area contributed by atoms with E-state index in [1.165, 1.54) is 4.31 Å². The molecule has 9 heteroatoms. The molecule has 158 valence electrons. The van der Waals surface area contributed by atoms with Gasteiger partial charge in [0.05, 0.1) is 21.0 Å². The van der Waals surface area contributed by atoms with Gasteiger partial charge in [-0.15, -0.1) is 0 Å². The van der Waals surface area contributed by atoms with E-state index in [4.69, 9.17) is 0 Å². The number of piperidine rings is 1. The molecule has 1 atom stereocenters. The Kier molecular flexibility index (Phi) is 5.52. The minimum absolute atomic E-state index is 0.0577. The average Bonchev–Trinajstić information content (AvgIpc) is 3.01. The number of aryl methyl sites for hydroxylation is 2. The van der Waals surface area contributed by atoms with Crippen LogP contribution in [0.25, 0.3) is 10.2 Å². The highest BCUT2D eigenvalue weighted by molar-refractivity contribution is 7.89. The summed E-state index contributed by atoms with van der Waals surface area (Å²) >= 11 is 1.13. The Balaban J connectivity index is 1.49. The molecule has 2 heterocycles. The number of hydrogen-bond acceptors (Lipinski definition) is 5. The third kappa shape index (κ3) is 3.92. The maximum Gasteiger partial charge on any atom is 0.307 e. The highest BCUT2D eigenvalue weighted by atomic mass is 32.2. The molecule has 0 saturated carbocycles. The van der Waals surface area contributed by atoms with E-state index in [1.54, 1.807) is 54.1 Å². The van der Waals surface area contributed by atoms with Crippen molar-refractivity contribution < 1.29 is 13.2 Å². The van der Waals surface area contributed by atoms with Gasteiger partial charge >= 0.3 is 4.87 Å².